The first kappa shape index (κ1) is 10.9. The first-order chi connectivity index (χ1) is 5.22. The molecule has 2 heteroatoms. The molecule has 0 aromatic carbocycles. The Balaban J connectivity index is 0.000000461. The Kier molecular flexibility index (Phi) is 5.51. The maximum atomic E-state index is 5.29. The molecule has 1 saturated heterocycles. The molecule has 0 saturated carbocycles. The van der Waals surface area contributed by atoms with Crippen LogP contribution in [0.2, 0.25) is 0 Å². The lowest BCUT2D eigenvalue weighted by Crippen LogP contribution is -2.32. The quantitative estimate of drug-likeness (QED) is 0.576. The second-order valence-corrected chi connectivity index (χ2v) is 3.05. The van der Waals surface area contributed by atoms with E-state index < -0.39 is 0 Å². The summed E-state index contributed by atoms with van der Waals surface area (Å²) >= 11 is 0. The van der Waals surface area contributed by atoms with Crippen molar-refractivity contribution < 1.29 is 4.74 Å². The topological polar surface area (TPSA) is 12.5 Å². The predicted molar refractivity (Wildman–Crippen MR) is 48.8 cm³/mol. The van der Waals surface area contributed by atoms with Crippen LogP contribution in [-0.4, -0.2) is 38.3 Å². The smallest absolute Gasteiger partial charge is 0.0625 e. The van der Waals surface area contributed by atoms with Gasteiger partial charge in [-0.1, -0.05) is 20.8 Å². The van der Waals surface area contributed by atoms with Crippen LogP contribution in [0.1, 0.15) is 20.8 Å². The summed E-state index contributed by atoms with van der Waals surface area (Å²) in [6, 6.07) is 0.644. The zero-order valence-electron chi connectivity index (χ0n) is 8.42. The average Bonchev–Trinajstić information content (AvgIpc) is 2.39. The van der Waals surface area contributed by atoms with E-state index in [2.05, 4.69) is 25.9 Å². The van der Waals surface area contributed by atoms with E-state index in [4.69, 9.17) is 4.74 Å². The molecule has 0 unspecified atom stereocenters. The van der Waals surface area contributed by atoms with Crippen molar-refractivity contribution in [2.45, 2.75) is 26.8 Å². The van der Waals surface area contributed by atoms with Gasteiger partial charge in [0.25, 0.3) is 0 Å². The van der Waals surface area contributed by atoms with Gasteiger partial charge < -0.3 is 9.64 Å². The van der Waals surface area contributed by atoms with Gasteiger partial charge in [-0.05, 0) is 20.0 Å². The lowest BCUT2D eigenvalue weighted by molar-refractivity contribution is 0.169. The van der Waals surface area contributed by atoms with E-state index in [0.29, 0.717) is 12.0 Å². The molecule has 2 nitrogen and oxygen atoms in total. The van der Waals surface area contributed by atoms with Gasteiger partial charge in [-0.15, -0.1) is 0 Å². The molecule has 0 amide bonds. The molecule has 0 spiro atoms. The van der Waals surface area contributed by atoms with Crippen LogP contribution in [0.15, 0.2) is 0 Å². The molecule has 11 heavy (non-hydrogen) atoms. The fourth-order valence-electron chi connectivity index (χ4n) is 1.31. The Morgan fingerprint density at radius 1 is 1.18 bits per heavy atom. The van der Waals surface area contributed by atoms with Crippen LogP contribution >= 0.6 is 0 Å². The molecule has 68 valence electrons. The molecule has 1 fully saturated rings. The van der Waals surface area contributed by atoms with Crippen LogP contribution < -0.4 is 0 Å². The van der Waals surface area contributed by atoms with Crippen LogP contribution in [0, 0.1) is 5.92 Å². The molecule has 0 bridgehead atoms. The van der Waals surface area contributed by atoms with E-state index in [1.165, 1.54) is 0 Å². The molecule has 1 aliphatic heterocycles. The Labute approximate surface area is 70.5 Å². The van der Waals surface area contributed by atoms with Crippen molar-refractivity contribution in [2.75, 3.05) is 27.3 Å². The first-order valence-electron chi connectivity index (χ1n) is 4.46. The van der Waals surface area contributed by atoms with Gasteiger partial charge in [-0.2, -0.15) is 0 Å². The molecule has 1 heterocycles. The maximum absolute atomic E-state index is 5.29. The van der Waals surface area contributed by atoms with Crippen molar-refractivity contribution in [2.24, 2.45) is 5.92 Å². The van der Waals surface area contributed by atoms with Crippen LogP contribution in [-0.2, 0) is 4.74 Å². The van der Waals surface area contributed by atoms with Crippen LogP contribution in [0.5, 0.6) is 0 Å². The second-order valence-electron chi connectivity index (χ2n) is 3.05. The largest absolute Gasteiger partial charge is 0.379 e. The molecular formula is C9H21NO. The highest BCUT2D eigenvalue weighted by Crippen LogP contribution is 2.15. The fourth-order valence-corrected chi connectivity index (χ4v) is 1.31. The Bertz CT molecular complexity index is 93.6. The number of rotatable bonds is 1. The third-order valence-corrected chi connectivity index (χ3v) is 1.99. The highest BCUT2D eigenvalue weighted by atomic mass is 16.5. The summed E-state index contributed by atoms with van der Waals surface area (Å²) in [5, 5.41) is 0. The molecule has 0 aromatic heterocycles. The Hall–Kier alpha value is -0.0800. The second kappa shape index (κ2) is 5.56. The maximum Gasteiger partial charge on any atom is 0.0625 e. The van der Waals surface area contributed by atoms with Crippen molar-refractivity contribution in [1.82, 2.24) is 4.90 Å². The number of ether oxygens (including phenoxy) is 1. The zero-order valence-corrected chi connectivity index (χ0v) is 8.42. The van der Waals surface area contributed by atoms with Gasteiger partial charge in [0.05, 0.1) is 13.2 Å². The highest BCUT2D eigenvalue weighted by Gasteiger charge is 2.25. The lowest BCUT2D eigenvalue weighted by Gasteiger charge is -2.20. The van der Waals surface area contributed by atoms with Gasteiger partial charge in [-0.25, -0.2) is 0 Å². The third kappa shape index (κ3) is 3.21. The lowest BCUT2D eigenvalue weighted by atomic mass is 10.1. The average molecular weight is 159 g/mol. The van der Waals surface area contributed by atoms with Gasteiger partial charge >= 0.3 is 0 Å². The summed E-state index contributed by atoms with van der Waals surface area (Å²) in [5.41, 5.74) is 0. The van der Waals surface area contributed by atoms with Gasteiger partial charge in [-0.3, -0.25) is 0 Å². The summed E-state index contributed by atoms with van der Waals surface area (Å²) in [6.45, 7) is 8.08. The van der Waals surface area contributed by atoms with E-state index in [1.54, 1.807) is 0 Å². The summed E-state index contributed by atoms with van der Waals surface area (Å²) in [7, 11) is 4.21. The Morgan fingerprint density at radius 3 is 1.91 bits per heavy atom. The van der Waals surface area contributed by atoms with E-state index >= 15 is 0 Å². The normalized spacial score (nSPS) is 30.0. The SMILES string of the molecule is CC.C[C@@H]1COC[C@H]1N(C)C. The molecule has 0 N–H and O–H groups in total. The molecule has 2 atom stereocenters. The first-order valence-corrected chi connectivity index (χ1v) is 4.46. The molecule has 0 radical (unpaired) electrons. The van der Waals surface area contributed by atoms with Crippen LogP contribution in [0.3, 0.4) is 0 Å². The van der Waals surface area contributed by atoms with Crippen LogP contribution in [0.25, 0.3) is 0 Å². The third-order valence-electron chi connectivity index (χ3n) is 1.99. The number of hydrogen-bond acceptors (Lipinski definition) is 2. The molecule has 0 aliphatic carbocycles. The van der Waals surface area contributed by atoms with E-state index in [1.807, 2.05) is 13.8 Å². The highest BCUT2D eigenvalue weighted by molar-refractivity contribution is 4.77. The molecular weight excluding hydrogens is 138 g/mol. The van der Waals surface area contributed by atoms with E-state index in [-0.39, 0.29) is 0 Å². The fraction of sp³-hybridized carbons (Fsp3) is 1.00. The van der Waals surface area contributed by atoms with E-state index in [9.17, 15) is 0 Å². The summed E-state index contributed by atoms with van der Waals surface area (Å²) in [4.78, 5) is 2.23. The van der Waals surface area contributed by atoms with Crippen molar-refractivity contribution in [1.29, 1.82) is 0 Å². The van der Waals surface area contributed by atoms with Crippen molar-refractivity contribution in [3.63, 3.8) is 0 Å². The summed E-state index contributed by atoms with van der Waals surface area (Å²) < 4.78 is 5.29. The molecule has 1 aliphatic rings. The van der Waals surface area contributed by atoms with E-state index in [0.717, 1.165) is 13.2 Å². The van der Waals surface area contributed by atoms with Gasteiger partial charge in [0.2, 0.25) is 0 Å². The zero-order chi connectivity index (χ0) is 8.85. The number of likely N-dealkylation sites (N-methyl/N-ethyl adjacent to an activating group) is 1. The minimum Gasteiger partial charge on any atom is -0.379 e. The Morgan fingerprint density at radius 2 is 1.73 bits per heavy atom. The molecule has 0 aromatic rings. The monoisotopic (exact) mass is 159 g/mol. The van der Waals surface area contributed by atoms with Gasteiger partial charge in [0.15, 0.2) is 0 Å². The summed E-state index contributed by atoms with van der Waals surface area (Å²) in [6.07, 6.45) is 0. The van der Waals surface area contributed by atoms with Crippen molar-refractivity contribution in [3.8, 4) is 0 Å². The predicted octanol–water partition coefficient (Wildman–Crippen LogP) is 1.61. The molecule has 1 rings (SSSR count). The number of hydrogen-bond donors (Lipinski definition) is 0. The minimum absolute atomic E-state index is 0.644. The standard InChI is InChI=1S/C7H15NO.C2H6/c1-6-4-9-5-7(6)8(2)3;1-2/h6-7H,4-5H2,1-3H3;1-2H3/t6-,7-;/m1./s1. The van der Waals surface area contributed by atoms with Gasteiger partial charge in [0.1, 0.15) is 0 Å². The van der Waals surface area contributed by atoms with Gasteiger partial charge in [0, 0.05) is 6.04 Å². The van der Waals surface area contributed by atoms with Crippen molar-refractivity contribution >= 4 is 0 Å². The van der Waals surface area contributed by atoms with Crippen molar-refractivity contribution in [3.05, 3.63) is 0 Å². The number of nitrogens with zero attached hydrogens (tertiary/aromatic N) is 1. The van der Waals surface area contributed by atoms with Crippen LogP contribution in [0.4, 0.5) is 0 Å². The summed E-state index contributed by atoms with van der Waals surface area (Å²) in [5.74, 6) is 0.708. The minimum atomic E-state index is 0.644.